The predicted octanol–water partition coefficient (Wildman–Crippen LogP) is 1.49. The molecule has 2 aromatic heterocycles. The van der Waals surface area contributed by atoms with E-state index in [9.17, 15) is 4.79 Å². The summed E-state index contributed by atoms with van der Waals surface area (Å²) in [7, 11) is 0. The maximum absolute atomic E-state index is 10.9. The van der Waals surface area contributed by atoms with Crippen LogP contribution in [0.5, 0.6) is 0 Å². The van der Waals surface area contributed by atoms with E-state index in [-0.39, 0.29) is 11.8 Å². The summed E-state index contributed by atoms with van der Waals surface area (Å²) in [4.78, 5) is 20.3. The molecule has 0 fully saturated rings. The van der Waals surface area contributed by atoms with Crippen LogP contribution in [0, 0.1) is 5.92 Å². The van der Waals surface area contributed by atoms with Crippen molar-refractivity contribution in [3.05, 3.63) is 11.4 Å². The van der Waals surface area contributed by atoms with Gasteiger partial charge in [0, 0.05) is 11.7 Å². The van der Waals surface area contributed by atoms with Gasteiger partial charge in [0.25, 0.3) is 0 Å². The van der Waals surface area contributed by atoms with Crippen LogP contribution in [0.1, 0.15) is 6.92 Å². The molecule has 0 aliphatic heterocycles. The smallest absolute Gasteiger partial charge is 0.221 e. The number of thiophene rings is 1. The molecule has 0 spiro atoms. The maximum Gasteiger partial charge on any atom is 0.221 e. The third-order valence-electron chi connectivity index (χ3n) is 2.28. The summed E-state index contributed by atoms with van der Waals surface area (Å²) < 4.78 is 0. The van der Waals surface area contributed by atoms with Crippen LogP contribution in [0.25, 0.3) is 10.2 Å². The van der Waals surface area contributed by atoms with Crippen molar-refractivity contribution in [2.24, 2.45) is 11.7 Å². The molecule has 5 nitrogen and oxygen atoms in total. The molecule has 0 aliphatic rings. The van der Waals surface area contributed by atoms with Gasteiger partial charge in [0.1, 0.15) is 10.6 Å². The minimum atomic E-state index is -0.317. The van der Waals surface area contributed by atoms with E-state index in [1.807, 2.05) is 11.4 Å². The van der Waals surface area contributed by atoms with Crippen LogP contribution in [0.4, 0.5) is 5.82 Å². The lowest BCUT2D eigenvalue weighted by Gasteiger charge is -2.06. The Morgan fingerprint density at radius 2 is 2.35 bits per heavy atom. The molecule has 2 aromatic rings. The van der Waals surface area contributed by atoms with Crippen LogP contribution in [0.2, 0.25) is 0 Å². The van der Waals surface area contributed by atoms with Crippen molar-refractivity contribution >= 4 is 45.0 Å². The highest BCUT2D eigenvalue weighted by atomic mass is 32.2. The zero-order chi connectivity index (χ0) is 12.4. The first-order valence-corrected chi connectivity index (χ1v) is 6.87. The second kappa shape index (κ2) is 4.89. The second-order valence-electron chi connectivity index (χ2n) is 3.65. The normalized spacial score (nSPS) is 12.8. The fraction of sp³-hybridized carbons (Fsp3) is 0.300. The van der Waals surface area contributed by atoms with Crippen molar-refractivity contribution < 1.29 is 4.79 Å². The number of rotatable bonds is 4. The highest BCUT2D eigenvalue weighted by Crippen LogP contribution is 2.26. The minimum Gasteiger partial charge on any atom is -0.383 e. The van der Waals surface area contributed by atoms with E-state index in [0.717, 1.165) is 10.2 Å². The highest BCUT2D eigenvalue weighted by molar-refractivity contribution is 7.99. The summed E-state index contributed by atoms with van der Waals surface area (Å²) in [6.45, 7) is 1.78. The van der Waals surface area contributed by atoms with Crippen LogP contribution < -0.4 is 11.5 Å². The molecule has 0 aromatic carbocycles. The zero-order valence-electron chi connectivity index (χ0n) is 9.21. The molecule has 0 saturated heterocycles. The topological polar surface area (TPSA) is 94.9 Å². The van der Waals surface area contributed by atoms with Crippen molar-refractivity contribution in [3.63, 3.8) is 0 Å². The first-order chi connectivity index (χ1) is 8.08. The predicted molar refractivity (Wildman–Crippen MR) is 70.9 cm³/mol. The summed E-state index contributed by atoms with van der Waals surface area (Å²) >= 11 is 2.91. The molecule has 90 valence electrons. The fourth-order valence-electron chi connectivity index (χ4n) is 1.20. The molecule has 7 heteroatoms. The van der Waals surface area contributed by atoms with E-state index >= 15 is 0 Å². The number of hydrogen-bond donors (Lipinski definition) is 2. The number of nitrogens with two attached hydrogens (primary N) is 2. The van der Waals surface area contributed by atoms with E-state index < -0.39 is 0 Å². The molecule has 2 rings (SSSR count). The number of carbonyl (C=O) groups excluding carboxylic acids is 1. The molecule has 1 unspecified atom stereocenters. The van der Waals surface area contributed by atoms with Crippen molar-refractivity contribution in [1.82, 2.24) is 9.97 Å². The van der Waals surface area contributed by atoms with Crippen LogP contribution in [-0.4, -0.2) is 21.6 Å². The van der Waals surface area contributed by atoms with Gasteiger partial charge in [-0.1, -0.05) is 18.7 Å². The molecule has 0 radical (unpaired) electrons. The Balaban J connectivity index is 2.16. The second-order valence-corrected chi connectivity index (χ2v) is 5.53. The largest absolute Gasteiger partial charge is 0.383 e. The first kappa shape index (κ1) is 12.1. The number of nitrogens with zero attached hydrogens (tertiary/aromatic N) is 2. The van der Waals surface area contributed by atoms with Crippen molar-refractivity contribution in [3.8, 4) is 0 Å². The summed E-state index contributed by atoms with van der Waals surface area (Å²) in [5.41, 5.74) is 11.0. The van der Waals surface area contributed by atoms with Gasteiger partial charge in [-0.25, -0.2) is 9.97 Å². The quantitative estimate of drug-likeness (QED) is 0.647. The fourth-order valence-corrected chi connectivity index (χ4v) is 2.92. The molecule has 4 N–H and O–H groups in total. The van der Waals surface area contributed by atoms with Gasteiger partial charge >= 0.3 is 0 Å². The van der Waals surface area contributed by atoms with Gasteiger partial charge in [-0.15, -0.1) is 11.3 Å². The van der Waals surface area contributed by atoms with Crippen LogP contribution in [0.3, 0.4) is 0 Å². The Bertz CT molecular complexity index is 554. The minimum absolute atomic E-state index is 0.205. The molecule has 1 amide bonds. The molecule has 0 aliphatic carbocycles. The molecule has 0 bridgehead atoms. The molecular weight excluding hydrogens is 256 g/mol. The number of amides is 1. The average molecular weight is 268 g/mol. The van der Waals surface area contributed by atoms with Crippen molar-refractivity contribution in [2.75, 3.05) is 11.5 Å². The van der Waals surface area contributed by atoms with E-state index in [0.29, 0.717) is 16.7 Å². The average Bonchev–Trinajstić information content (AvgIpc) is 2.74. The third kappa shape index (κ3) is 2.67. The van der Waals surface area contributed by atoms with Gasteiger partial charge in [-0.05, 0) is 11.4 Å². The van der Waals surface area contributed by atoms with Crippen LogP contribution >= 0.6 is 23.1 Å². The number of anilines is 1. The number of thioether (sulfide) groups is 1. The molecule has 17 heavy (non-hydrogen) atoms. The highest BCUT2D eigenvalue weighted by Gasteiger charge is 2.12. The van der Waals surface area contributed by atoms with Crippen LogP contribution in [-0.2, 0) is 4.79 Å². The van der Waals surface area contributed by atoms with E-state index in [4.69, 9.17) is 11.5 Å². The van der Waals surface area contributed by atoms with Gasteiger partial charge in [0.05, 0.1) is 5.39 Å². The molecule has 1 atom stereocenters. The molecule has 0 saturated carbocycles. The van der Waals surface area contributed by atoms with Gasteiger partial charge in [0.2, 0.25) is 5.91 Å². The maximum atomic E-state index is 10.9. The summed E-state index contributed by atoms with van der Waals surface area (Å²) in [5.74, 6) is 0.517. The van der Waals surface area contributed by atoms with E-state index in [1.165, 1.54) is 23.1 Å². The van der Waals surface area contributed by atoms with E-state index in [1.54, 1.807) is 6.92 Å². The molecular formula is C10H12N4OS2. The van der Waals surface area contributed by atoms with Gasteiger partial charge < -0.3 is 11.5 Å². The zero-order valence-corrected chi connectivity index (χ0v) is 10.8. The summed E-state index contributed by atoms with van der Waals surface area (Å²) in [6, 6.07) is 1.90. The van der Waals surface area contributed by atoms with Gasteiger partial charge in [-0.3, -0.25) is 4.79 Å². The third-order valence-corrected chi connectivity index (χ3v) is 4.20. The number of nitrogen functional groups attached to an aromatic ring is 1. The SMILES string of the molecule is CC(CSc1nc(N)c2ccsc2n1)C(N)=O. The Morgan fingerprint density at radius 1 is 1.59 bits per heavy atom. The number of hydrogen-bond acceptors (Lipinski definition) is 6. The monoisotopic (exact) mass is 268 g/mol. The van der Waals surface area contributed by atoms with Crippen molar-refractivity contribution in [1.29, 1.82) is 0 Å². The van der Waals surface area contributed by atoms with E-state index in [2.05, 4.69) is 9.97 Å². The lowest BCUT2D eigenvalue weighted by Crippen LogP contribution is -2.22. The van der Waals surface area contributed by atoms with Crippen molar-refractivity contribution in [2.45, 2.75) is 12.1 Å². The number of aromatic nitrogens is 2. The van der Waals surface area contributed by atoms with Gasteiger partial charge in [-0.2, -0.15) is 0 Å². The Hall–Kier alpha value is -1.34. The Labute approximate surface area is 107 Å². The first-order valence-electron chi connectivity index (χ1n) is 5.00. The summed E-state index contributed by atoms with van der Waals surface area (Å²) in [5, 5.41) is 3.39. The number of fused-ring (bicyclic) bond motifs is 1. The van der Waals surface area contributed by atoms with Gasteiger partial charge in [0.15, 0.2) is 5.16 Å². The Morgan fingerprint density at radius 3 is 3.06 bits per heavy atom. The lowest BCUT2D eigenvalue weighted by molar-refractivity contribution is -0.120. The summed E-state index contributed by atoms with van der Waals surface area (Å²) in [6.07, 6.45) is 0. The standard InChI is InChI=1S/C10H12N4OS2/c1-5(8(12)15)4-17-10-13-7(11)6-2-3-16-9(6)14-10/h2-3,5H,4H2,1H3,(H2,12,15)(H2,11,13,14). The number of carbonyl (C=O) groups is 1. The lowest BCUT2D eigenvalue weighted by atomic mass is 10.2. The molecule has 2 heterocycles. The Kier molecular flexibility index (Phi) is 3.49. The number of primary amides is 1. The van der Waals surface area contributed by atoms with Crippen LogP contribution in [0.15, 0.2) is 16.6 Å².